The van der Waals surface area contributed by atoms with Crippen molar-refractivity contribution in [2.75, 3.05) is 13.1 Å². The molecule has 4 heteroatoms. The van der Waals surface area contributed by atoms with Crippen molar-refractivity contribution in [3.63, 3.8) is 0 Å². The van der Waals surface area contributed by atoms with Gasteiger partial charge in [-0.2, -0.15) is 0 Å². The molecule has 1 rings (SSSR count). The topological polar surface area (TPSA) is 40.5 Å². The smallest absolute Gasteiger partial charge is 0.227 e. The molecule has 0 unspecified atom stereocenters. The van der Waals surface area contributed by atoms with E-state index in [0.717, 1.165) is 4.88 Å². The number of carbonyl (C=O) groups is 1. The Morgan fingerprint density at radius 2 is 2.25 bits per heavy atom. The van der Waals surface area contributed by atoms with Crippen LogP contribution in [0.5, 0.6) is 0 Å². The molecule has 3 nitrogen and oxygen atoms in total. The molecule has 0 saturated heterocycles. The summed E-state index contributed by atoms with van der Waals surface area (Å²) in [5.74, 6) is 0.0760. The predicted molar refractivity (Wildman–Crippen MR) is 66.6 cm³/mol. The van der Waals surface area contributed by atoms with Gasteiger partial charge in [-0.15, -0.1) is 11.3 Å². The molecule has 0 aromatic carbocycles. The Bertz CT molecular complexity index is 327. The van der Waals surface area contributed by atoms with Crippen molar-refractivity contribution in [3.8, 4) is 0 Å². The number of thiophene rings is 1. The van der Waals surface area contributed by atoms with E-state index in [4.69, 9.17) is 0 Å². The minimum atomic E-state index is -0.832. The van der Waals surface area contributed by atoms with Gasteiger partial charge in [0.15, 0.2) is 0 Å². The van der Waals surface area contributed by atoms with E-state index >= 15 is 0 Å². The third kappa shape index (κ3) is 4.33. The lowest BCUT2D eigenvalue weighted by molar-refractivity contribution is -0.133. The van der Waals surface area contributed by atoms with Crippen LogP contribution >= 0.6 is 11.3 Å². The first-order valence-electron chi connectivity index (χ1n) is 5.45. The zero-order valence-electron chi connectivity index (χ0n) is 10.1. The number of nitrogens with zero attached hydrogens (tertiary/aromatic N) is 1. The Kier molecular flexibility index (Phi) is 4.50. The Morgan fingerprint density at radius 1 is 1.56 bits per heavy atom. The summed E-state index contributed by atoms with van der Waals surface area (Å²) in [5, 5.41) is 11.7. The molecular weight excluding hydrogens is 222 g/mol. The summed E-state index contributed by atoms with van der Waals surface area (Å²) in [6.45, 7) is 6.38. The minimum absolute atomic E-state index is 0.0760. The lowest BCUT2D eigenvalue weighted by Gasteiger charge is -2.28. The average Bonchev–Trinajstić information content (AvgIpc) is 2.65. The second kappa shape index (κ2) is 5.46. The van der Waals surface area contributed by atoms with Crippen LogP contribution in [0, 0.1) is 0 Å². The third-order valence-corrected chi connectivity index (χ3v) is 3.09. The van der Waals surface area contributed by atoms with Crippen LogP contribution in [0.3, 0.4) is 0 Å². The van der Waals surface area contributed by atoms with Crippen molar-refractivity contribution in [2.24, 2.45) is 0 Å². The summed E-state index contributed by atoms with van der Waals surface area (Å²) < 4.78 is 0. The highest BCUT2D eigenvalue weighted by atomic mass is 32.1. The van der Waals surface area contributed by atoms with Crippen molar-refractivity contribution < 1.29 is 9.90 Å². The van der Waals surface area contributed by atoms with E-state index in [1.165, 1.54) is 0 Å². The van der Waals surface area contributed by atoms with Gasteiger partial charge in [-0.3, -0.25) is 4.79 Å². The molecular formula is C12H19NO2S. The molecule has 16 heavy (non-hydrogen) atoms. The first-order valence-corrected chi connectivity index (χ1v) is 6.33. The lowest BCUT2D eigenvalue weighted by atomic mass is 10.1. The van der Waals surface area contributed by atoms with Gasteiger partial charge in [0, 0.05) is 18.0 Å². The SMILES string of the molecule is CCN(CC(C)(C)O)C(=O)Cc1cccs1. The highest BCUT2D eigenvalue weighted by Crippen LogP contribution is 2.12. The quantitative estimate of drug-likeness (QED) is 0.855. The number of rotatable bonds is 5. The van der Waals surface area contributed by atoms with Crippen LogP contribution < -0.4 is 0 Å². The fraction of sp³-hybridized carbons (Fsp3) is 0.583. The standard InChI is InChI=1S/C12H19NO2S/c1-4-13(9-12(2,3)15)11(14)8-10-6-5-7-16-10/h5-7,15H,4,8-9H2,1-3H3. The van der Waals surface area contributed by atoms with Gasteiger partial charge >= 0.3 is 0 Å². The summed E-state index contributed by atoms with van der Waals surface area (Å²) in [7, 11) is 0. The number of carbonyl (C=O) groups excluding carboxylic acids is 1. The molecule has 0 bridgehead atoms. The van der Waals surface area contributed by atoms with Crippen LogP contribution in [0.15, 0.2) is 17.5 Å². The molecule has 0 aliphatic rings. The normalized spacial score (nSPS) is 11.5. The summed E-state index contributed by atoms with van der Waals surface area (Å²) >= 11 is 1.59. The monoisotopic (exact) mass is 241 g/mol. The second-order valence-electron chi connectivity index (χ2n) is 4.48. The van der Waals surface area contributed by atoms with Gasteiger partial charge in [0.1, 0.15) is 0 Å². The summed E-state index contributed by atoms with van der Waals surface area (Å²) in [4.78, 5) is 14.7. The largest absolute Gasteiger partial charge is 0.389 e. The van der Waals surface area contributed by atoms with E-state index in [-0.39, 0.29) is 5.91 Å². The zero-order chi connectivity index (χ0) is 12.2. The molecule has 0 radical (unpaired) electrons. The Balaban J connectivity index is 2.56. The van der Waals surface area contributed by atoms with Crippen LogP contribution in [-0.2, 0) is 11.2 Å². The van der Waals surface area contributed by atoms with Crippen LogP contribution in [0.25, 0.3) is 0 Å². The van der Waals surface area contributed by atoms with Crippen molar-refractivity contribution in [1.29, 1.82) is 0 Å². The summed E-state index contributed by atoms with van der Waals surface area (Å²) in [6, 6.07) is 3.90. The molecule has 1 N–H and O–H groups in total. The number of hydrogen-bond acceptors (Lipinski definition) is 3. The third-order valence-electron chi connectivity index (χ3n) is 2.22. The highest BCUT2D eigenvalue weighted by molar-refractivity contribution is 7.10. The van der Waals surface area contributed by atoms with Gasteiger partial charge in [-0.1, -0.05) is 6.07 Å². The molecule has 0 aliphatic carbocycles. The van der Waals surface area contributed by atoms with Crippen molar-refractivity contribution in [2.45, 2.75) is 32.8 Å². The van der Waals surface area contributed by atoms with Gasteiger partial charge in [-0.05, 0) is 32.2 Å². The average molecular weight is 241 g/mol. The number of hydrogen-bond donors (Lipinski definition) is 1. The molecule has 0 aliphatic heterocycles. The molecule has 90 valence electrons. The molecule has 0 fully saturated rings. The molecule has 0 saturated carbocycles. The maximum atomic E-state index is 11.9. The van der Waals surface area contributed by atoms with Crippen LogP contribution in [0.2, 0.25) is 0 Å². The molecule has 1 heterocycles. The second-order valence-corrected chi connectivity index (χ2v) is 5.51. The highest BCUT2D eigenvalue weighted by Gasteiger charge is 2.21. The van der Waals surface area contributed by atoms with E-state index in [2.05, 4.69) is 0 Å². The van der Waals surface area contributed by atoms with Gasteiger partial charge in [0.05, 0.1) is 12.0 Å². The zero-order valence-corrected chi connectivity index (χ0v) is 10.9. The number of likely N-dealkylation sites (N-methyl/N-ethyl adjacent to an activating group) is 1. The van der Waals surface area contributed by atoms with Crippen LogP contribution in [0.4, 0.5) is 0 Å². The van der Waals surface area contributed by atoms with Crippen LogP contribution in [0.1, 0.15) is 25.6 Å². The Morgan fingerprint density at radius 3 is 2.69 bits per heavy atom. The summed E-state index contributed by atoms with van der Waals surface area (Å²) in [5.41, 5.74) is -0.832. The fourth-order valence-corrected chi connectivity index (χ4v) is 2.21. The maximum Gasteiger partial charge on any atom is 0.227 e. The van der Waals surface area contributed by atoms with Gasteiger partial charge < -0.3 is 10.0 Å². The molecule has 0 atom stereocenters. The van der Waals surface area contributed by atoms with E-state index in [1.54, 1.807) is 30.1 Å². The molecule has 1 aromatic rings. The maximum absolute atomic E-state index is 11.9. The van der Waals surface area contributed by atoms with Crippen molar-refractivity contribution in [1.82, 2.24) is 4.90 Å². The number of amides is 1. The van der Waals surface area contributed by atoms with E-state index < -0.39 is 5.60 Å². The first kappa shape index (κ1) is 13.2. The lowest BCUT2D eigenvalue weighted by Crippen LogP contribution is -2.42. The van der Waals surface area contributed by atoms with E-state index in [1.807, 2.05) is 24.4 Å². The van der Waals surface area contributed by atoms with Crippen molar-refractivity contribution >= 4 is 17.2 Å². The minimum Gasteiger partial charge on any atom is -0.389 e. The van der Waals surface area contributed by atoms with Crippen LogP contribution in [-0.4, -0.2) is 34.6 Å². The van der Waals surface area contributed by atoms with Gasteiger partial charge in [0.25, 0.3) is 0 Å². The fourth-order valence-electron chi connectivity index (χ4n) is 1.52. The van der Waals surface area contributed by atoms with E-state index in [9.17, 15) is 9.90 Å². The first-order chi connectivity index (χ1) is 7.42. The Hall–Kier alpha value is -0.870. The molecule has 1 aromatic heterocycles. The number of aliphatic hydroxyl groups is 1. The molecule has 0 spiro atoms. The Labute approximate surface area is 101 Å². The predicted octanol–water partition coefficient (Wildman–Crippen LogP) is 1.91. The van der Waals surface area contributed by atoms with Gasteiger partial charge in [0.2, 0.25) is 5.91 Å². The molecule has 1 amide bonds. The van der Waals surface area contributed by atoms with Gasteiger partial charge in [-0.25, -0.2) is 0 Å². The van der Waals surface area contributed by atoms with Crippen molar-refractivity contribution in [3.05, 3.63) is 22.4 Å². The summed E-state index contributed by atoms with van der Waals surface area (Å²) in [6.07, 6.45) is 0.432. The van der Waals surface area contributed by atoms with E-state index in [0.29, 0.717) is 19.5 Å².